The second-order valence-corrected chi connectivity index (χ2v) is 3.43. The molecule has 0 aliphatic heterocycles. The molecule has 0 amide bonds. The van der Waals surface area contributed by atoms with Gasteiger partial charge in [0.15, 0.2) is 0 Å². The summed E-state index contributed by atoms with van der Waals surface area (Å²) in [6.45, 7) is 2.29. The zero-order chi connectivity index (χ0) is 10.8. The predicted octanol–water partition coefficient (Wildman–Crippen LogP) is 1.82. The summed E-state index contributed by atoms with van der Waals surface area (Å²) in [5, 5.41) is 11.5. The van der Waals surface area contributed by atoms with E-state index in [9.17, 15) is 0 Å². The quantitative estimate of drug-likeness (QED) is 0.752. The highest BCUT2D eigenvalue weighted by Gasteiger charge is 2.03. The molecule has 0 aliphatic carbocycles. The minimum Gasteiger partial charge on any atom is -0.372 e. The van der Waals surface area contributed by atoms with Crippen LogP contribution < -0.4 is 5.32 Å². The average Bonchev–Trinajstić information content (AvgIpc) is 2.52. The summed E-state index contributed by atoms with van der Waals surface area (Å²) >= 11 is 0. The molecule has 15 heavy (non-hydrogen) atoms. The predicted molar refractivity (Wildman–Crippen MR) is 59.6 cm³/mol. The maximum atomic E-state index is 8.46. The lowest BCUT2D eigenvalue weighted by molar-refractivity contribution is 0.886. The van der Waals surface area contributed by atoms with E-state index in [1.807, 2.05) is 42.8 Å². The number of rotatable bonds is 2. The molecule has 2 rings (SSSR count). The number of nitrogens with zero attached hydrogens (tertiary/aromatic N) is 3. The monoisotopic (exact) mass is 200 g/mol. The first kappa shape index (κ1) is 9.53. The Hall–Kier alpha value is -2.02. The molecule has 0 aliphatic rings. The summed E-state index contributed by atoms with van der Waals surface area (Å²) in [6.07, 6.45) is 0. The van der Waals surface area contributed by atoms with Crippen molar-refractivity contribution in [3.63, 3.8) is 0 Å². The zero-order valence-electron chi connectivity index (χ0n) is 8.78. The molecule has 76 valence electrons. The van der Waals surface area contributed by atoms with Crippen molar-refractivity contribution in [2.75, 3.05) is 11.9 Å². The van der Waals surface area contributed by atoms with Gasteiger partial charge in [-0.1, -0.05) is 0 Å². The number of fused-ring (bicyclic) bond motifs is 1. The lowest BCUT2D eigenvalue weighted by Gasteiger charge is -2.01. The van der Waals surface area contributed by atoms with E-state index in [1.54, 1.807) is 0 Å². The molecule has 0 unspecified atom stereocenters. The van der Waals surface area contributed by atoms with Crippen molar-refractivity contribution in [1.82, 2.24) is 9.55 Å². The van der Waals surface area contributed by atoms with Gasteiger partial charge in [-0.3, -0.25) is 0 Å². The van der Waals surface area contributed by atoms with Gasteiger partial charge in [0.2, 0.25) is 0 Å². The number of hydrogen-bond acceptors (Lipinski definition) is 3. The van der Waals surface area contributed by atoms with Gasteiger partial charge >= 0.3 is 0 Å². The molecular weight excluding hydrogens is 188 g/mol. The third-order valence-electron chi connectivity index (χ3n) is 2.48. The van der Waals surface area contributed by atoms with Crippen LogP contribution in [-0.4, -0.2) is 16.1 Å². The van der Waals surface area contributed by atoms with Crippen LogP contribution in [0.5, 0.6) is 0 Å². The van der Waals surface area contributed by atoms with Crippen LogP contribution in [0, 0.1) is 18.3 Å². The first-order valence-corrected chi connectivity index (χ1v) is 4.76. The fraction of sp³-hybridized carbons (Fsp3) is 0.273. The number of aryl methyl sites for hydroxylation is 2. The van der Waals surface area contributed by atoms with Crippen LogP contribution in [0.1, 0.15) is 5.82 Å². The van der Waals surface area contributed by atoms with Gasteiger partial charge in [-0.25, -0.2) is 4.98 Å². The van der Waals surface area contributed by atoms with Crippen LogP contribution in [0.15, 0.2) is 18.2 Å². The normalized spacial score (nSPS) is 10.2. The third kappa shape index (κ3) is 1.64. The Morgan fingerprint density at radius 1 is 1.53 bits per heavy atom. The van der Waals surface area contributed by atoms with Crippen molar-refractivity contribution in [2.24, 2.45) is 7.05 Å². The van der Waals surface area contributed by atoms with Gasteiger partial charge in [-0.05, 0) is 25.1 Å². The van der Waals surface area contributed by atoms with E-state index in [-0.39, 0.29) is 0 Å². The maximum absolute atomic E-state index is 8.46. The lowest BCUT2D eigenvalue weighted by Crippen LogP contribution is -1.97. The van der Waals surface area contributed by atoms with E-state index in [4.69, 9.17) is 5.26 Å². The van der Waals surface area contributed by atoms with E-state index in [2.05, 4.69) is 10.3 Å². The number of nitriles is 1. The molecule has 0 spiro atoms. The summed E-state index contributed by atoms with van der Waals surface area (Å²) in [5.41, 5.74) is 3.00. The second kappa shape index (κ2) is 3.62. The van der Waals surface area contributed by atoms with Crippen LogP contribution >= 0.6 is 0 Å². The molecule has 1 heterocycles. The molecular formula is C11H12N4. The molecule has 0 atom stereocenters. The standard InChI is InChI=1S/C11H12N4/c1-8-14-10-7-9(13-6-5-12)3-4-11(10)15(8)2/h3-4,7,13H,6H2,1-2H3. The highest BCUT2D eigenvalue weighted by Crippen LogP contribution is 2.18. The molecule has 1 aromatic carbocycles. The maximum Gasteiger partial charge on any atom is 0.106 e. The zero-order valence-corrected chi connectivity index (χ0v) is 8.78. The van der Waals surface area contributed by atoms with E-state index >= 15 is 0 Å². The van der Waals surface area contributed by atoms with Crippen molar-refractivity contribution < 1.29 is 0 Å². The van der Waals surface area contributed by atoms with Crippen LogP contribution in [0.2, 0.25) is 0 Å². The van der Waals surface area contributed by atoms with E-state index in [0.717, 1.165) is 22.5 Å². The fourth-order valence-electron chi connectivity index (χ4n) is 1.57. The molecule has 0 saturated heterocycles. The highest BCUT2D eigenvalue weighted by atomic mass is 15.0. The number of hydrogen-bond donors (Lipinski definition) is 1. The van der Waals surface area contributed by atoms with Crippen molar-refractivity contribution in [1.29, 1.82) is 5.26 Å². The fourth-order valence-corrected chi connectivity index (χ4v) is 1.57. The Morgan fingerprint density at radius 3 is 3.07 bits per heavy atom. The minimum absolute atomic E-state index is 0.317. The third-order valence-corrected chi connectivity index (χ3v) is 2.48. The molecule has 4 heteroatoms. The van der Waals surface area contributed by atoms with Gasteiger partial charge in [-0.15, -0.1) is 0 Å². The smallest absolute Gasteiger partial charge is 0.106 e. The van der Waals surface area contributed by atoms with Gasteiger partial charge in [-0.2, -0.15) is 5.26 Å². The first-order valence-electron chi connectivity index (χ1n) is 4.76. The summed E-state index contributed by atoms with van der Waals surface area (Å²) in [6, 6.07) is 7.97. The van der Waals surface area contributed by atoms with Gasteiger partial charge in [0.05, 0.1) is 17.1 Å². The Morgan fingerprint density at radius 2 is 2.33 bits per heavy atom. The van der Waals surface area contributed by atoms with E-state index in [0.29, 0.717) is 6.54 Å². The Kier molecular flexibility index (Phi) is 2.30. The number of anilines is 1. The highest BCUT2D eigenvalue weighted by molar-refractivity contribution is 5.80. The molecule has 1 N–H and O–H groups in total. The van der Waals surface area contributed by atoms with Crippen LogP contribution in [0.25, 0.3) is 11.0 Å². The Balaban J connectivity index is 2.44. The number of aromatic nitrogens is 2. The lowest BCUT2D eigenvalue weighted by atomic mass is 10.2. The molecule has 2 aromatic rings. The SMILES string of the molecule is Cc1nc2cc(NCC#N)ccc2n1C. The molecule has 4 nitrogen and oxygen atoms in total. The van der Waals surface area contributed by atoms with E-state index < -0.39 is 0 Å². The first-order chi connectivity index (χ1) is 7.22. The Bertz CT molecular complexity index is 533. The summed E-state index contributed by atoms with van der Waals surface area (Å²) in [5.74, 6) is 0.988. The molecule has 1 aromatic heterocycles. The van der Waals surface area contributed by atoms with Gasteiger partial charge in [0.25, 0.3) is 0 Å². The van der Waals surface area contributed by atoms with Crippen LogP contribution in [0.3, 0.4) is 0 Å². The Labute approximate surface area is 88.2 Å². The summed E-state index contributed by atoms with van der Waals surface area (Å²) in [4.78, 5) is 4.42. The number of nitrogens with one attached hydrogen (secondary N) is 1. The summed E-state index contributed by atoms with van der Waals surface area (Å²) in [7, 11) is 1.99. The molecule has 0 bridgehead atoms. The van der Waals surface area contributed by atoms with E-state index in [1.165, 1.54) is 0 Å². The summed E-state index contributed by atoms with van der Waals surface area (Å²) < 4.78 is 2.05. The van der Waals surface area contributed by atoms with Crippen molar-refractivity contribution in [3.05, 3.63) is 24.0 Å². The van der Waals surface area contributed by atoms with Crippen LogP contribution in [-0.2, 0) is 7.05 Å². The second-order valence-electron chi connectivity index (χ2n) is 3.43. The topological polar surface area (TPSA) is 53.6 Å². The molecule has 0 saturated carbocycles. The van der Waals surface area contributed by atoms with Crippen molar-refractivity contribution in [3.8, 4) is 6.07 Å². The molecule has 0 fully saturated rings. The molecule has 0 radical (unpaired) electrons. The average molecular weight is 200 g/mol. The van der Waals surface area contributed by atoms with Crippen molar-refractivity contribution >= 4 is 16.7 Å². The largest absolute Gasteiger partial charge is 0.372 e. The van der Waals surface area contributed by atoms with Crippen LogP contribution in [0.4, 0.5) is 5.69 Å². The minimum atomic E-state index is 0.317. The number of imidazole rings is 1. The van der Waals surface area contributed by atoms with Crippen molar-refractivity contribution in [2.45, 2.75) is 6.92 Å². The van der Waals surface area contributed by atoms with Gasteiger partial charge in [0.1, 0.15) is 12.4 Å². The van der Waals surface area contributed by atoms with Gasteiger partial charge < -0.3 is 9.88 Å². The van der Waals surface area contributed by atoms with Gasteiger partial charge in [0, 0.05) is 12.7 Å². The number of benzene rings is 1.